The summed E-state index contributed by atoms with van der Waals surface area (Å²) in [6, 6.07) is 3.27. The molecule has 0 atom stereocenters. The maximum Gasteiger partial charge on any atom is 0.417 e. The average molecular weight is 505 g/mol. The minimum atomic E-state index is -4.79. The van der Waals surface area contributed by atoms with Crippen molar-refractivity contribution in [1.82, 2.24) is 15.2 Å². The van der Waals surface area contributed by atoms with Crippen molar-refractivity contribution in [3.8, 4) is 10.4 Å². The number of benzene rings is 1. The molecular formula is C19H19F3N4O3S3. The van der Waals surface area contributed by atoms with Gasteiger partial charge in [-0.2, -0.15) is 13.2 Å². The Balaban J connectivity index is 1.61. The van der Waals surface area contributed by atoms with Crippen molar-refractivity contribution in [3.05, 3.63) is 39.5 Å². The molecule has 3 heterocycles. The molecule has 0 N–H and O–H groups in total. The number of rotatable bonds is 5. The lowest BCUT2D eigenvalue weighted by Gasteiger charge is -2.25. The van der Waals surface area contributed by atoms with E-state index in [0.717, 1.165) is 41.6 Å². The standard InChI is InChI=1S/C19H19F3N4O3S3/c1-11-17(12-3-4-14(32(2,27)28)13(9-12)19(20,21)22)30-15(23-11)10-16-24-25-18(31-16)26-5-7-29-8-6-26/h3-4,9H,5-8,10H2,1-2H3. The van der Waals surface area contributed by atoms with Crippen molar-refractivity contribution < 1.29 is 26.3 Å². The van der Waals surface area contributed by atoms with Crippen LogP contribution in [0.5, 0.6) is 0 Å². The zero-order valence-electron chi connectivity index (χ0n) is 17.1. The highest BCUT2D eigenvalue weighted by Crippen LogP contribution is 2.39. The van der Waals surface area contributed by atoms with Crippen LogP contribution >= 0.6 is 22.7 Å². The molecule has 172 valence electrons. The molecule has 0 spiro atoms. The van der Waals surface area contributed by atoms with Gasteiger partial charge < -0.3 is 9.64 Å². The zero-order valence-corrected chi connectivity index (χ0v) is 19.6. The number of aryl methyl sites for hydroxylation is 1. The number of alkyl halides is 3. The van der Waals surface area contributed by atoms with E-state index in [1.54, 1.807) is 6.92 Å². The maximum atomic E-state index is 13.5. The summed E-state index contributed by atoms with van der Waals surface area (Å²) in [5.41, 5.74) is -0.327. The molecule has 0 aliphatic carbocycles. The van der Waals surface area contributed by atoms with Crippen molar-refractivity contribution in [1.29, 1.82) is 0 Å². The van der Waals surface area contributed by atoms with E-state index in [1.807, 2.05) is 0 Å². The summed E-state index contributed by atoms with van der Waals surface area (Å²) in [4.78, 5) is 6.42. The first kappa shape index (κ1) is 23.1. The van der Waals surface area contributed by atoms with Crippen molar-refractivity contribution in [2.24, 2.45) is 0 Å². The molecule has 13 heteroatoms. The highest BCUT2D eigenvalue weighted by molar-refractivity contribution is 7.90. The molecular weight excluding hydrogens is 485 g/mol. The Kier molecular flexibility index (Phi) is 6.27. The minimum absolute atomic E-state index is 0.275. The number of morpholine rings is 1. The summed E-state index contributed by atoms with van der Waals surface area (Å²) in [7, 11) is -4.03. The number of ether oxygens (including phenoxy) is 1. The van der Waals surface area contributed by atoms with E-state index < -0.39 is 26.5 Å². The van der Waals surface area contributed by atoms with Gasteiger partial charge in [0.2, 0.25) is 5.13 Å². The van der Waals surface area contributed by atoms with Gasteiger partial charge in [0.15, 0.2) is 9.84 Å². The van der Waals surface area contributed by atoms with Crippen LogP contribution in [0.4, 0.5) is 18.3 Å². The predicted octanol–water partition coefficient (Wildman–Crippen LogP) is 3.82. The Morgan fingerprint density at radius 1 is 1.12 bits per heavy atom. The van der Waals surface area contributed by atoms with Crippen LogP contribution in [-0.4, -0.2) is 56.2 Å². The third-order valence-electron chi connectivity index (χ3n) is 4.83. The normalized spacial score (nSPS) is 15.3. The molecule has 1 aliphatic rings. The van der Waals surface area contributed by atoms with Gasteiger partial charge in [-0.3, -0.25) is 0 Å². The number of aromatic nitrogens is 3. The van der Waals surface area contributed by atoms with Crippen LogP contribution in [0.3, 0.4) is 0 Å². The molecule has 7 nitrogen and oxygen atoms in total. The van der Waals surface area contributed by atoms with Crippen LogP contribution in [0.15, 0.2) is 23.1 Å². The van der Waals surface area contributed by atoms with Crippen LogP contribution in [0.1, 0.15) is 21.3 Å². The lowest BCUT2D eigenvalue weighted by atomic mass is 10.1. The van der Waals surface area contributed by atoms with Gasteiger partial charge in [0, 0.05) is 19.3 Å². The quantitative estimate of drug-likeness (QED) is 0.522. The lowest BCUT2D eigenvalue weighted by molar-refractivity contribution is -0.139. The molecule has 1 saturated heterocycles. The molecule has 0 amide bonds. The minimum Gasteiger partial charge on any atom is -0.378 e. The van der Waals surface area contributed by atoms with Crippen LogP contribution in [0.2, 0.25) is 0 Å². The Bertz CT molecular complexity index is 1230. The van der Waals surface area contributed by atoms with Gasteiger partial charge in [-0.1, -0.05) is 17.4 Å². The fourth-order valence-electron chi connectivity index (χ4n) is 3.34. The molecule has 32 heavy (non-hydrogen) atoms. The largest absolute Gasteiger partial charge is 0.417 e. The van der Waals surface area contributed by atoms with Gasteiger partial charge in [-0.15, -0.1) is 21.5 Å². The van der Waals surface area contributed by atoms with E-state index in [-0.39, 0.29) is 5.56 Å². The number of hydrogen-bond acceptors (Lipinski definition) is 9. The molecule has 1 fully saturated rings. The number of sulfone groups is 1. The average Bonchev–Trinajstić information content (AvgIpc) is 3.33. The third kappa shape index (κ3) is 4.95. The van der Waals surface area contributed by atoms with E-state index in [9.17, 15) is 21.6 Å². The second-order valence-electron chi connectivity index (χ2n) is 7.26. The number of hydrogen-bond donors (Lipinski definition) is 0. The topological polar surface area (TPSA) is 85.3 Å². The summed E-state index contributed by atoms with van der Waals surface area (Å²) in [5, 5.41) is 10.7. The number of anilines is 1. The van der Waals surface area contributed by atoms with Gasteiger partial charge in [0.05, 0.1) is 40.7 Å². The van der Waals surface area contributed by atoms with Crippen LogP contribution in [0, 0.1) is 6.92 Å². The van der Waals surface area contributed by atoms with E-state index in [0.29, 0.717) is 35.2 Å². The summed E-state index contributed by atoms with van der Waals surface area (Å²) < 4.78 is 69.5. The Morgan fingerprint density at radius 2 is 1.84 bits per heavy atom. The molecule has 3 aromatic rings. The highest BCUT2D eigenvalue weighted by atomic mass is 32.2. The summed E-state index contributed by atoms with van der Waals surface area (Å²) >= 11 is 2.72. The Morgan fingerprint density at radius 3 is 2.50 bits per heavy atom. The summed E-state index contributed by atoms with van der Waals surface area (Å²) in [5.74, 6) is 0. The number of halogens is 3. The van der Waals surface area contributed by atoms with E-state index in [2.05, 4.69) is 20.1 Å². The second kappa shape index (κ2) is 8.69. The molecule has 0 radical (unpaired) electrons. The zero-order chi connectivity index (χ0) is 23.1. The van der Waals surface area contributed by atoms with Gasteiger partial charge in [-0.25, -0.2) is 13.4 Å². The fraction of sp³-hybridized carbons (Fsp3) is 0.421. The first-order valence-electron chi connectivity index (χ1n) is 9.55. The second-order valence-corrected chi connectivity index (χ2v) is 11.4. The smallest absolute Gasteiger partial charge is 0.378 e. The monoisotopic (exact) mass is 504 g/mol. The molecule has 1 aromatic carbocycles. The van der Waals surface area contributed by atoms with Crippen molar-refractivity contribution >= 4 is 37.6 Å². The van der Waals surface area contributed by atoms with Crippen molar-refractivity contribution in [3.63, 3.8) is 0 Å². The predicted molar refractivity (Wildman–Crippen MR) is 116 cm³/mol. The number of thiazole rings is 1. The molecule has 0 unspecified atom stereocenters. The van der Waals surface area contributed by atoms with E-state index in [4.69, 9.17) is 4.74 Å². The molecule has 0 bridgehead atoms. The van der Waals surface area contributed by atoms with E-state index in [1.165, 1.54) is 28.7 Å². The van der Waals surface area contributed by atoms with Gasteiger partial charge >= 0.3 is 6.18 Å². The van der Waals surface area contributed by atoms with Gasteiger partial charge in [-0.05, 0) is 24.6 Å². The van der Waals surface area contributed by atoms with Crippen molar-refractivity contribution in [2.45, 2.75) is 24.4 Å². The van der Waals surface area contributed by atoms with Crippen molar-refractivity contribution in [2.75, 3.05) is 37.5 Å². The molecule has 2 aromatic heterocycles. The summed E-state index contributed by atoms with van der Waals surface area (Å²) in [6.07, 6.45) is -3.61. The third-order valence-corrected chi connectivity index (χ3v) is 8.17. The molecule has 4 rings (SSSR count). The molecule has 1 aliphatic heterocycles. The Hall–Kier alpha value is -2.09. The maximum absolute atomic E-state index is 13.5. The highest BCUT2D eigenvalue weighted by Gasteiger charge is 2.36. The fourth-order valence-corrected chi connectivity index (χ4v) is 6.28. The lowest BCUT2D eigenvalue weighted by Crippen LogP contribution is -2.36. The molecule has 0 saturated carbocycles. The van der Waals surface area contributed by atoms with Crippen LogP contribution < -0.4 is 4.90 Å². The van der Waals surface area contributed by atoms with Gasteiger partial charge in [0.25, 0.3) is 0 Å². The number of nitrogens with zero attached hydrogens (tertiary/aromatic N) is 4. The Labute approximate surface area is 190 Å². The van der Waals surface area contributed by atoms with Crippen LogP contribution in [-0.2, 0) is 27.2 Å². The van der Waals surface area contributed by atoms with E-state index >= 15 is 0 Å². The van der Waals surface area contributed by atoms with Gasteiger partial charge in [0.1, 0.15) is 10.0 Å². The first-order chi connectivity index (χ1) is 15.0. The summed E-state index contributed by atoms with van der Waals surface area (Å²) in [6.45, 7) is 4.50. The SMILES string of the molecule is Cc1nc(Cc2nnc(N3CCOCC3)s2)sc1-c1ccc(S(C)(=O)=O)c(C(F)(F)F)c1. The van der Waals surface area contributed by atoms with Crippen LogP contribution in [0.25, 0.3) is 10.4 Å². The first-order valence-corrected chi connectivity index (χ1v) is 13.1.